The molecule has 0 aliphatic heterocycles. The Morgan fingerprint density at radius 1 is 0.564 bits per heavy atom. The van der Waals surface area contributed by atoms with Gasteiger partial charge in [0.05, 0.1) is 25.3 Å². The number of aliphatic imine (C=N–C) groups is 2. The van der Waals surface area contributed by atoms with Crippen molar-refractivity contribution < 1.29 is 14.2 Å². The predicted octanol–water partition coefficient (Wildman–Crippen LogP) is 6.08. The van der Waals surface area contributed by atoms with Gasteiger partial charge in [-0.05, 0) is 74.2 Å². The van der Waals surface area contributed by atoms with Crippen molar-refractivity contribution in [1.29, 1.82) is 0 Å². The molecule has 0 aromatic heterocycles. The summed E-state index contributed by atoms with van der Waals surface area (Å²) >= 11 is 0. The van der Waals surface area contributed by atoms with Crippen LogP contribution < -0.4 is 20.9 Å². The maximum absolute atomic E-state index is 6.21. The summed E-state index contributed by atoms with van der Waals surface area (Å²) in [5.74, 6) is 2.82. The van der Waals surface area contributed by atoms with Crippen molar-refractivity contribution in [1.82, 2.24) is 0 Å². The van der Waals surface area contributed by atoms with Crippen LogP contribution >= 0.6 is 24.8 Å². The van der Waals surface area contributed by atoms with E-state index in [1.165, 1.54) is 38.5 Å². The third-order valence-corrected chi connectivity index (χ3v) is 7.09. The van der Waals surface area contributed by atoms with E-state index < -0.39 is 0 Å². The molecule has 216 valence electrons. The Morgan fingerprint density at radius 3 is 1.28 bits per heavy atom. The summed E-state index contributed by atoms with van der Waals surface area (Å²) in [5.41, 5.74) is 14.3. The highest BCUT2D eigenvalue weighted by Crippen LogP contribution is 2.22. The third-order valence-electron chi connectivity index (χ3n) is 7.09. The summed E-state index contributed by atoms with van der Waals surface area (Å²) < 4.78 is 17.2. The molecular weight excluding hydrogens is 535 g/mol. The number of hydrogen-bond acceptors (Lipinski definition) is 5. The van der Waals surface area contributed by atoms with Gasteiger partial charge in [0.15, 0.2) is 0 Å². The van der Waals surface area contributed by atoms with Crippen LogP contribution in [0.15, 0.2) is 58.5 Å². The monoisotopic (exact) mass is 578 g/mol. The van der Waals surface area contributed by atoms with Gasteiger partial charge in [-0.3, -0.25) is 9.98 Å². The highest BCUT2D eigenvalue weighted by atomic mass is 35.5. The van der Waals surface area contributed by atoms with Crippen LogP contribution in [0.4, 0.5) is 0 Å². The number of nitrogens with two attached hydrogens (primary N) is 2. The average Bonchev–Trinajstić information content (AvgIpc) is 2.94. The van der Waals surface area contributed by atoms with E-state index in [0.29, 0.717) is 50.2 Å². The number of amidine groups is 2. The molecule has 0 unspecified atom stereocenters. The fourth-order valence-corrected chi connectivity index (χ4v) is 4.95. The van der Waals surface area contributed by atoms with Crippen LogP contribution in [-0.2, 0) is 4.74 Å². The molecule has 2 aliphatic carbocycles. The first-order chi connectivity index (χ1) is 18.2. The number of rotatable bonds is 12. The standard InChI is InChI=1S/C30H42N4O3.2ClH/c31-29(33-25-7-3-1-4-8-25)23-11-15-27(16-12-23)36-21-19-35-20-22-37-28-17-13-24(14-18-28)30(32)34-26-9-5-2-6-10-26;;/h11-18,25-26H,1-10,19-22H2,(H2,31,33)(H2,32,34);2*1H. The quantitative estimate of drug-likeness (QED) is 0.180. The van der Waals surface area contributed by atoms with E-state index in [2.05, 4.69) is 0 Å². The molecule has 2 saturated carbocycles. The second-order valence-corrected chi connectivity index (χ2v) is 9.97. The zero-order valence-corrected chi connectivity index (χ0v) is 24.4. The normalized spacial score (nSPS) is 17.1. The molecule has 0 radical (unpaired) electrons. The Hall–Kier alpha value is -2.48. The highest BCUT2D eigenvalue weighted by Gasteiger charge is 2.14. The van der Waals surface area contributed by atoms with E-state index in [1.54, 1.807) is 0 Å². The largest absolute Gasteiger partial charge is 0.491 e. The van der Waals surface area contributed by atoms with E-state index in [0.717, 1.165) is 48.3 Å². The van der Waals surface area contributed by atoms with Gasteiger partial charge in [-0.1, -0.05) is 38.5 Å². The molecular formula is C30H44Cl2N4O3. The van der Waals surface area contributed by atoms with Crippen molar-refractivity contribution in [3.8, 4) is 11.5 Å². The average molecular weight is 580 g/mol. The number of hydrogen-bond donors (Lipinski definition) is 2. The van der Waals surface area contributed by atoms with Crippen molar-refractivity contribution in [3.63, 3.8) is 0 Å². The lowest BCUT2D eigenvalue weighted by Gasteiger charge is -2.18. The fourth-order valence-electron chi connectivity index (χ4n) is 4.95. The van der Waals surface area contributed by atoms with E-state index in [4.69, 9.17) is 35.7 Å². The summed E-state index contributed by atoms with van der Waals surface area (Å²) in [6.45, 7) is 1.92. The van der Waals surface area contributed by atoms with Gasteiger partial charge in [-0.2, -0.15) is 0 Å². The molecule has 2 aromatic rings. The van der Waals surface area contributed by atoms with E-state index in [9.17, 15) is 0 Å². The Bertz CT molecular complexity index is 922. The minimum absolute atomic E-state index is 0. The van der Waals surface area contributed by atoms with Gasteiger partial charge >= 0.3 is 0 Å². The summed E-state index contributed by atoms with van der Waals surface area (Å²) in [6.07, 6.45) is 12.2. The molecule has 0 spiro atoms. The maximum Gasteiger partial charge on any atom is 0.125 e. The minimum atomic E-state index is 0. The second kappa shape index (κ2) is 18.0. The molecule has 2 aliphatic rings. The lowest BCUT2D eigenvalue weighted by atomic mass is 9.96. The topological polar surface area (TPSA) is 104 Å². The molecule has 4 rings (SSSR count). The van der Waals surface area contributed by atoms with Crippen molar-refractivity contribution in [2.45, 2.75) is 76.3 Å². The first-order valence-corrected chi connectivity index (χ1v) is 13.9. The van der Waals surface area contributed by atoms with Crippen LogP contribution in [0.25, 0.3) is 0 Å². The predicted molar refractivity (Wildman–Crippen MR) is 164 cm³/mol. The van der Waals surface area contributed by atoms with Gasteiger partial charge in [0.2, 0.25) is 0 Å². The second-order valence-electron chi connectivity index (χ2n) is 9.97. The fraction of sp³-hybridized carbons (Fsp3) is 0.533. The molecule has 0 amide bonds. The van der Waals surface area contributed by atoms with Crippen LogP contribution in [0.3, 0.4) is 0 Å². The van der Waals surface area contributed by atoms with Gasteiger partial charge in [0.1, 0.15) is 36.4 Å². The molecule has 4 N–H and O–H groups in total. The lowest BCUT2D eigenvalue weighted by molar-refractivity contribution is 0.0764. The molecule has 0 bridgehead atoms. The SMILES string of the molecule is Cl.Cl.NC(=NC1CCCCC1)c1ccc(OCCOCCOc2ccc(C(N)=NC3CCCCC3)cc2)cc1. The smallest absolute Gasteiger partial charge is 0.125 e. The number of nitrogens with zero attached hydrogens (tertiary/aromatic N) is 2. The van der Waals surface area contributed by atoms with Gasteiger partial charge in [-0.15, -0.1) is 24.8 Å². The van der Waals surface area contributed by atoms with Crippen LogP contribution in [-0.4, -0.2) is 50.2 Å². The molecule has 0 saturated heterocycles. The van der Waals surface area contributed by atoms with E-state index in [-0.39, 0.29) is 24.8 Å². The summed E-state index contributed by atoms with van der Waals surface area (Å²) in [5, 5.41) is 0. The van der Waals surface area contributed by atoms with Crippen LogP contribution in [0.1, 0.15) is 75.3 Å². The van der Waals surface area contributed by atoms with Crippen molar-refractivity contribution >= 4 is 36.5 Å². The zero-order valence-electron chi connectivity index (χ0n) is 22.8. The zero-order chi connectivity index (χ0) is 25.7. The van der Waals surface area contributed by atoms with Gasteiger partial charge in [0.25, 0.3) is 0 Å². The Kier molecular flexibility index (Phi) is 15.1. The van der Waals surface area contributed by atoms with Crippen molar-refractivity contribution in [2.75, 3.05) is 26.4 Å². The summed E-state index contributed by atoms with van der Waals surface area (Å²) in [7, 11) is 0. The minimum Gasteiger partial charge on any atom is -0.491 e. The van der Waals surface area contributed by atoms with Gasteiger partial charge < -0.3 is 25.7 Å². The van der Waals surface area contributed by atoms with Gasteiger partial charge in [0, 0.05) is 11.1 Å². The maximum atomic E-state index is 6.21. The molecule has 9 heteroatoms. The molecule has 2 fully saturated rings. The van der Waals surface area contributed by atoms with E-state index >= 15 is 0 Å². The van der Waals surface area contributed by atoms with Crippen molar-refractivity contribution in [2.24, 2.45) is 21.5 Å². The summed E-state index contributed by atoms with van der Waals surface area (Å²) in [4.78, 5) is 9.41. The first-order valence-electron chi connectivity index (χ1n) is 13.9. The number of benzene rings is 2. The molecule has 7 nitrogen and oxygen atoms in total. The Labute approximate surface area is 245 Å². The Balaban J connectivity index is 0.00000267. The molecule has 2 aromatic carbocycles. The van der Waals surface area contributed by atoms with Crippen LogP contribution in [0.2, 0.25) is 0 Å². The Morgan fingerprint density at radius 2 is 0.923 bits per heavy atom. The van der Waals surface area contributed by atoms with Crippen LogP contribution in [0, 0.1) is 0 Å². The summed E-state index contributed by atoms with van der Waals surface area (Å²) in [6, 6.07) is 16.3. The molecule has 0 heterocycles. The first kappa shape index (κ1) is 32.7. The van der Waals surface area contributed by atoms with E-state index in [1.807, 2.05) is 48.5 Å². The van der Waals surface area contributed by atoms with Crippen molar-refractivity contribution in [3.05, 3.63) is 59.7 Å². The van der Waals surface area contributed by atoms with Crippen LogP contribution in [0.5, 0.6) is 11.5 Å². The number of halogens is 2. The molecule has 39 heavy (non-hydrogen) atoms. The van der Waals surface area contributed by atoms with Gasteiger partial charge in [-0.25, -0.2) is 0 Å². The third kappa shape index (κ3) is 11.3. The number of ether oxygens (including phenoxy) is 3. The highest BCUT2D eigenvalue weighted by molar-refractivity contribution is 5.98. The lowest BCUT2D eigenvalue weighted by Crippen LogP contribution is -2.19. The molecule has 0 atom stereocenters.